The molecule has 1 aromatic heterocycles. The van der Waals surface area contributed by atoms with Crippen molar-refractivity contribution in [3.05, 3.63) is 22.2 Å². The highest BCUT2D eigenvalue weighted by Crippen LogP contribution is 2.14. The Hall–Kier alpha value is -0.340. The molecule has 4 heteroatoms. The van der Waals surface area contributed by atoms with Gasteiger partial charge in [-0.05, 0) is 6.42 Å². The average Bonchev–Trinajstić information content (AvgIpc) is 2.31. The van der Waals surface area contributed by atoms with Crippen LogP contribution in [0.1, 0.15) is 64.1 Å². The molecule has 0 aliphatic heterocycles. The zero-order valence-corrected chi connectivity index (χ0v) is 12.6. The van der Waals surface area contributed by atoms with Crippen LogP contribution in [0.5, 0.6) is 0 Å². The molecule has 1 aromatic rings. The summed E-state index contributed by atoms with van der Waals surface area (Å²) < 4.78 is 0. The van der Waals surface area contributed by atoms with Crippen molar-refractivity contribution in [1.29, 1.82) is 0 Å². The topological polar surface area (TPSA) is 25.8 Å². The average molecular weight is 289 g/mol. The number of rotatable bonds is 9. The zero-order chi connectivity index (χ0) is 13.2. The third-order valence-electron chi connectivity index (χ3n) is 2.96. The first-order valence-electron chi connectivity index (χ1n) is 6.91. The normalized spacial score (nSPS) is 10.8. The molecule has 0 saturated carbocycles. The molecule has 0 aliphatic carbocycles. The van der Waals surface area contributed by atoms with Crippen LogP contribution in [-0.2, 0) is 6.42 Å². The van der Waals surface area contributed by atoms with Gasteiger partial charge in [-0.3, -0.25) is 0 Å². The Labute approximate surface area is 120 Å². The number of hydrogen-bond acceptors (Lipinski definition) is 2. The first-order chi connectivity index (χ1) is 8.72. The fourth-order valence-electron chi connectivity index (χ4n) is 1.96. The van der Waals surface area contributed by atoms with Gasteiger partial charge in [-0.2, -0.15) is 0 Å². The molecule has 0 spiro atoms. The van der Waals surface area contributed by atoms with E-state index in [1.54, 1.807) is 6.07 Å². The van der Waals surface area contributed by atoms with Crippen molar-refractivity contribution >= 4 is 23.2 Å². The van der Waals surface area contributed by atoms with E-state index in [-0.39, 0.29) is 0 Å². The Kier molecular flexibility index (Phi) is 8.36. The molecule has 0 radical (unpaired) electrons. The Morgan fingerprint density at radius 3 is 1.89 bits per heavy atom. The Morgan fingerprint density at radius 2 is 1.33 bits per heavy atom. The number of halogens is 2. The summed E-state index contributed by atoms with van der Waals surface area (Å²) >= 11 is 11.7. The molecule has 0 atom stereocenters. The Morgan fingerprint density at radius 1 is 0.833 bits per heavy atom. The lowest BCUT2D eigenvalue weighted by Crippen LogP contribution is -1.95. The summed E-state index contributed by atoms with van der Waals surface area (Å²) in [5.74, 6) is 0.762. The van der Waals surface area contributed by atoms with Crippen LogP contribution in [0.2, 0.25) is 10.3 Å². The largest absolute Gasteiger partial charge is 0.221 e. The van der Waals surface area contributed by atoms with Crippen molar-refractivity contribution in [2.45, 2.75) is 64.7 Å². The number of hydrogen-bond donors (Lipinski definition) is 0. The van der Waals surface area contributed by atoms with Gasteiger partial charge in [0.1, 0.15) is 16.1 Å². The maximum atomic E-state index is 5.83. The highest BCUT2D eigenvalue weighted by molar-refractivity contribution is 6.33. The lowest BCUT2D eigenvalue weighted by atomic mass is 10.1. The summed E-state index contributed by atoms with van der Waals surface area (Å²) in [7, 11) is 0. The summed E-state index contributed by atoms with van der Waals surface area (Å²) in [4.78, 5) is 8.32. The molecule has 0 bridgehead atoms. The van der Waals surface area contributed by atoms with Gasteiger partial charge in [0, 0.05) is 12.5 Å². The first-order valence-corrected chi connectivity index (χ1v) is 7.67. The zero-order valence-electron chi connectivity index (χ0n) is 11.1. The maximum absolute atomic E-state index is 5.83. The van der Waals surface area contributed by atoms with Gasteiger partial charge < -0.3 is 0 Å². The van der Waals surface area contributed by atoms with Crippen LogP contribution in [0, 0.1) is 0 Å². The molecule has 0 aliphatic rings. The molecule has 0 fully saturated rings. The van der Waals surface area contributed by atoms with Crippen LogP contribution in [0.3, 0.4) is 0 Å². The monoisotopic (exact) mass is 288 g/mol. The minimum atomic E-state index is 0.435. The van der Waals surface area contributed by atoms with Crippen molar-refractivity contribution in [3.63, 3.8) is 0 Å². The summed E-state index contributed by atoms with van der Waals surface area (Å²) in [5.41, 5.74) is 0. The second kappa shape index (κ2) is 9.57. The van der Waals surface area contributed by atoms with E-state index in [4.69, 9.17) is 23.2 Å². The predicted molar refractivity (Wildman–Crippen MR) is 78.4 cm³/mol. The molecule has 1 heterocycles. The smallest absolute Gasteiger partial charge is 0.134 e. The molecular weight excluding hydrogens is 267 g/mol. The molecule has 0 N–H and O–H groups in total. The lowest BCUT2D eigenvalue weighted by Gasteiger charge is -2.02. The predicted octanol–water partition coefficient (Wildman–Crippen LogP) is 5.47. The van der Waals surface area contributed by atoms with E-state index in [9.17, 15) is 0 Å². The molecule has 102 valence electrons. The second-order valence-corrected chi connectivity index (χ2v) is 5.43. The van der Waals surface area contributed by atoms with E-state index in [2.05, 4.69) is 16.9 Å². The molecule has 0 saturated heterocycles. The van der Waals surface area contributed by atoms with Crippen LogP contribution in [0.4, 0.5) is 0 Å². The third-order valence-corrected chi connectivity index (χ3v) is 3.35. The maximum Gasteiger partial charge on any atom is 0.134 e. The molecular formula is C14H22Cl2N2. The van der Waals surface area contributed by atoms with Gasteiger partial charge in [0.05, 0.1) is 0 Å². The molecule has 1 rings (SSSR count). The molecule has 18 heavy (non-hydrogen) atoms. The summed E-state index contributed by atoms with van der Waals surface area (Å²) in [6.07, 6.45) is 11.3. The van der Waals surface area contributed by atoms with Crippen molar-refractivity contribution in [2.24, 2.45) is 0 Å². The van der Waals surface area contributed by atoms with Gasteiger partial charge >= 0.3 is 0 Å². The number of aryl methyl sites for hydroxylation is 1. The summed E-state index contributed by atoms with van der Waals surface area (Å²) in [5, 5.41) is 0.870. The van der Waals surface area contributed by atoms with Crippen LogP contribution < -0.4 is 0 Å². The minimum Gasteiger partial charge on any atom is -0.221 e. The van der Waals surface area contributed by atoms with Gasteiger partial charge in [0.25, 0.3) is 0 Å². The second-order valence-electron chi connectivity index (χ2n) is 4.65. The van der Waals surface area contributed by atoms with E-state index in [1.807, 2.05) is 0 Å². The quantitative estimate of drug-likeness (QED) is 0.445. The van der Waals surface area contributed by atoms with Crippen LogP contribution in [-0.4, -0.2) is 9.97 Å². The molecule has 0 unspecified atom stereocenters. The van der Waals surface area contributed by atoms with Gasteiger partial charge in [-0.15, -0.1) is 0 Å². The van der Waals surface area contributed by atoms with E-state index in [0.29, 0.717) is 10.3 Å². The first kappa shape index (κ1) is 15.7. The van der Waals surface area contributed by atoms with Crippen molar-refractivity contribution < 1.29 is 0 Å². The fraction of sp³-hybridized carbons (Fsp3) is 0.714. The van der Waals surface area contributed by atoms with Crippen LogP contribution in [0.25, 0.3) is 0 Å². The van der Waals surface area contributed by atoms with E-state index >= 15 is 0 Å². The summed E-state index contributed by atoms with van der Waals surface area (Å²) in [6.45, 7) is 2.25. The molecule has 2 nitrogen and oxygen atoms in total. The number of unbranched alkanes of at least 4 members (excludes halogenated alkanes) is 7. The molecule has 0 aromatic carbocycles. The van der Waals surface area contributed by atoms with Crippen molar-refractivity contribution in [2.75, 3.05) is 0 Å². The summed E-state index contributed by atoms with van der Waals surface area (Å²) in [6, 6.07) is 1.57. The minimum absolute atomic E-state index is 0.435. The van der Waals surface area contributed by atoms with Gasteiger partial charge in [-0.1, -0.05) is 75.1 Å². The van der Waals surface area contributed by atoms with Gasteiger partial charge in [0.15, 0.2) is 0 Å². The van der Waals surface area contributed by atoms with E-state index in [1.165, 1.54) is 44.9 Å². The highest BCUT2D eigenvalue weighted by Gasteiger charge is 2.01. The number of aromatic nitrogens is 2. The van der Waals surface area contributed by atoms with E-state index in [0.717, 1.165) is 18.7 Å². The molecule has 0 amide bonds. The Balaban J connectivity index is 2.07. The Bertz CT molecular complexity index is 322. The van der Waals surface area contributed by atoms with Gasteiger partial charge in [-0.25, -0.2) is 9.97 Å². The third kappa shape index (κ3) is 7.17. The lowest BCUT2D eigenvalue weighted by molar-refractivity contribution is 0.572. The van der Waals surface area contributed by atoms with Crippen LogP contribution in [0.15, 0.2) is 6.07 Å². The number of nitrogens with zero attached hydrogens (tertiary/aromatic N) is 2. The van der Waals surface area contributed by atoms with Crippen LogP contribution >= 0.6 is 23.2 Å². The standard InChI is InChI=1S/C14H22Cl2N2/c1-2-3-4-5-6-7-8-9-10-14-17-12(15)11-13(16)18-14/h11H,2-10H2,1H3. The SMILES string of the molecule is CCCCCCCCCCc1nc(Cl)cc(Cl)n1. The highest BCUT2D eigenvalue weighted by atomic mass is 35.5. The fourth-order valence-corrected chi connectivity index (χ4v) is 2.42. The van der Waals surface area contributed by atoms with Gasteiger partial charge in [0.2, 0.25) is 0 Å². The van der Waals surface area contributed by atoms with Crippen molar-refractivity contribution in [1.82, 2.24) is 9.97 Å². The van der Waals surface area contributed by atoms with Crippen molar-refractivity contribution in [3.8, 4) is 0 Å². The van der Waals surface area contributed by atoms with E-state index < -0.39 is 0 Å².